The predicted octanol–water partition coefficient (Wildman–Crippen LogP) is 2.25. The zero-order valence-electron chi connectivity index (χ0n) is 6.81. The third-order valence-corrected chi connectivity index (χ3v) is 2.87. The van der Waals surface area contributed by atoms with E-state index < -0.39 is 0 Å². The van der Waals surface area contributed by atoms with E-state index in [9.17, 15) is 0 Å². The Morgan fingerprint density at radius 3 is 2.60 bits per heavy atom. The minimum absolute atomic E-state index is 0.723. The van der Waals surface area contributed by atoms with Crippen LogP contribution in [0.1, 0.15) is 26.7 Å². The van der Waals surface area contributed by atoms with Crippen molar-refractivity contribution in [3.05, 3.63) is 0 Å². The topological polar surface area (TPSA) is 3.24 Å². The summed E-state index contributed by atoms with van der Waals surface area (Å²) in [7, 11) is 0. The molecule has 0 aromatic rings. The van der Waals surface area contributed by atoms with Crippen molar-refractivity contribution in [3.8, 4) is 0 Å². The quantitative estimate of drug-likeness (QED) is 0.595. The first-order valence-electron chi connectivity index (χ1n) is 4.08. The molecule has 1 aliphatic rings. The molecule has 0 spiro atoms. The van der Waals surface area contributed by atoms with Gasteiger partial charge in [-0.05, 0) is 33.2 Å². The number of hydrogen-bond acceptors (Lipinski definition) is 1. The highest BCUT2D eigenvalue weighted by molar-refractivity contribution is 9.09. The molecule has 0 amide bonds. The summed E-state index contributed by atoms with van der Waals surface area (Å²) in [5.74, 6) is 0. The second-order valence-corrected chi connectivity index (χ2v) is 4.62. The van der Waals surface area contributed by atoms with Gasteiger partial charge in [-0.1, -0.05) is 15.9 Å². The van der Waals surface area contributed by atoms with E-state index in [4.69, 9.17) is 0 Å². The standard InChI is InChI=1S/C8H16BrN/c1-7(2)10-5-3-4-8(9)6-10/h7-8H,3-6H2,1-2H3. The molecule has 1 unspecified atom stereocenters. The third-order valence-electron chi connectivity index (χ3n) is 2.13. The number of rotatable bonds is 1. The highest BCUT2D eigenvalue weighted by Crippen LogP contribution is 2.18. The maximum atomic E-state index is 3.66. The van der Waals surface area contributed by atoms with Gasteiger partial charge in [0, 0.05) is 17.4 Å². The molecular weight excluding hydrogens is 190 g/mol. The molecule has 0 radical (unpaired) electrons. The first-order chi connectivity index (χ1) is 4.70. The number of hydrogen-bond donors (Lipinski definition) is 0. The summed E-state index contributed by atoms with van der Waals surface area (Å²) in [6.45, 7) is 7.06. The molecule has 1 atom stereocenters. The van der Waals surface area contributed by atoms with Crippen molar-refractivity contribution in [1.29, 1.82) is 0 Å². The summed E-state index contributed by atoms with van der Waals surface area (Å²) in [6.07, 6.45) is 2.71. The van der Waals surface area contributed by atoms with Gasteiger partial charge >= 0.3 is 0 Å². The monoisotopic (exact) mass is 205 g/mol. The van der Waals surface area contributed by atoms with Crippen molar-refractivity contribution in [2.75, 3.05) is 13.1 Å². The Bertz CT molecular complexity index is 103. The van der Waals surface area contributed by atoms with Crippen molar-refractivity contribution in [2.24, 2.45) is 0 Å². The van der Waals surface area contributed by atoms with E-state index in [1.807, 2.05) is 0 Å². The largest absolute Gasteiger partial charge is 0.300 e. The van der Waals surface area contributed by atoms with Crippen LogP contribution in [0.15, 0.2) is 0 Å². The van der Waals surface area contributed by atoms with E-state index in [-0.39, 0.29) is 0 Å². The van der Waals surface area contributed by atoms with Crippen LogP contribution in [0, 0.1) is 0 Å². The highest BCUT2D eigenvalue weighted by atomic mass is 79.9. The van der Waals surface area contributed by atoms with Gasteiger partial charge in [-0.2, -0.15) is 0 Å². The molecule has 0 aliphatic carbocycles. The molecule has 1 rings (SSSR count). The lowest BCUT2D eigenvalue weighted by molar-refractivity contribution is 0.191. The van der Waals surface area contributed by atoms with Crippen LogP contribution in [0.3, 0.4) is 0 Å². The molecule has 1 aliphatic heterocycles. The van der Waals surface area contributed by atoms with E-state index in [1.54, 1.807) is 0 Å². The summed E-state index contributed by atoms with van der Waals surface area (Å²) in [6, 6.07) is 0.723. The zero-order valence-corrected chi connectivity index (χ0v) is 8.39. The maximum Gasteiger partial charge on any atom is 0.0273 e. The molecule has 1 fully saturated rings. The van der Waals surface area contributed by atoms with Gasteiger partial charge in [-0.25, -0.2) is 0 Å². The van der Waals surface area contributed by atoms with E-state index in [0.29, 0.717) is 0 Å². The zero-order chi connectivity index (χ0) is 7.56. The molecule has 60 valence electrons. The number of piperidine rings is 1. The number of alkyl halides is 1. The Morgan fingerprint density at radius 2 is 2.20 bits per heavy atom. The Kier molecular flexibility index (Phi) is 3.18. The van der Waals surface area contributed by atoms with Gasteiger partial charge < -0.3 is 0 Å². The number of nitrogens with zero attached hydrogens (tertiary/aromatic N) is 1. The SMILES string of the molecule is CC(C)N1CCCC(Br)C1. The van der Waals surface area contributed by atoms with Crippen molar-refractivity contribution in [1.82, 2.24) is 4.90 Å². The van der Waals surface area contributed by atoms with Crippen molar-refractivity contribution in [2.45, 2.75) is 37.6 Å². The van der Waals surface area contributed by atoms with E-state index in [1.165, 1.54) is 25.9 Å². The van der Waals surface area contributed by atoms with Crippen LogP contribution >= 0.6 is 15.9 Å². The lowest BCUT2D eigenvalue weighted by Gasteiger charge is -2.32. The van der Waals surface area contributed by atoms with Crippen LogP contribution in [0.4, 0.5) is 0 Å². The lowest BCUT2D eigenvalue weighted by atomic mass is 10.1. The summed E-state index contributed by atoms with van der Waals surface area (Å²) in [5.41, 5.74) is 0. The average molecular weight is 206 g/mol. The van der Waals surface area contributed by atoms with E-state index in [0.717, 1.165) is 10.9 Å². The van der Waals surface area contributed by atoms with Gasteiger partial charge in [0.15, 0.2) is 0 Å². The van der Waals surface area contributed by atoms with Crippen LogP contribution in [-0.4, -0.2) is 28.9 Å². The Morgan fingerprint density at radius 1 is 1.50 bits per heavy atom. The Hall–Kier alpha value is 0.440. The van der Waals surface area contributed by atoms with Crippen LogP contribution in [-0.2, 0) is 0 Å². The first-order valence-corrected chi connectivity index (χ1v) is 5.00. The lowest BCUT2D eigenvalue weighted by Crippen LogP contribution is -2.40. The molecule has 1 heterocycles. The molecule has 0 N–H and O–H groups in total. The first kappa shape index (κ1) is 8.54. The second-order valence-electron chi connectivity index (χ2n) is 3.33. The normalized spacial score (nSPS) is 29.4. The molecule has 1 nitrogen and oxygen atoms in total. The van der Waals surface area contributed by atoms with Crippen molar-refractivity contribution in [3.63, 3.8) is 0 Å². The van der Waals surface area contributed by atoms with Gasteiger partial charge in [0.2, 0.25) is 0 Å². The minimum atomic E-state index is 0.723. The van der Waals surface area contributed by atoms with Crippen LogP contribution in [0.2, 0.25) is 0 Å². The van der Waals surface area contributed by atoms with E-state index in [2.05, 4.69) is 34.7 Å². The fraction of sp³-hybridized carbons (Fsp3) is 1.00. The second kappa shape index (κ2) is 3.72. The number of halogens is 1. The molecule has 1 saturated heterocycles. The molecule has 0 aromatic carbocycles. The van der Waals surface area contributed by atoms with Gasteiger partial charge in [-0.15, -0.1) is 0 Å². The molecule has 10 heavy (non-hydrogen) atoms. The van der Waals surface area contributed by atoms with Gasteiger partial charge in [0.05, 0.1) is 0 Å². The third kappa shape index (κ3) is 2.24. The van der Waals surface area contributed by atoms with Gasteiger partial charge in [0.25, 0.3) is 0 Å². The summed E-state index contributed by atoms with van der Waals surface area (Å²) in [5, 5.41) is 0. The summed E-state index contributed by atoms with van der Waals surface area (Å²) in [4.78, 5) is 3.27. The van der Waals surface area contributed by atoms with Crippen molar-refractivity contribution < 1.29 is 0 Å². The highest BCUT2D eigenvalue weighted by Gasteiger charge is 2.18. The fourth-order valence-corrected chi connectivity index (χ4v) is 2.12. The maximum absolute atomic E-state index is 3.66. The molecule has 2 heteroatoms. The molecule has 0 saturated carbocycles. The Labute approximate surface area is 71.9 Å². The summed E-state index contributed by atoms with van der Waals surface area (Å²) < 4.78 is 0. The average Bonchev–Trinajstić information content (AvgIpc) is 1.88. The van der Waals surface area contributed by atoms with Gasteiger partial charge in [-0.3, -0.25) is 4.90 Å². The molecule has 0 bridgehead atoms. The van der Waals surface area contributed by atoms with Crippen LogP contribution in [0.5, 0.6) is 0 Å². The van der Waals surface area contributed by atoms with Crippen LogP contribution in [0.25, 0.3) is 0 Å². The van der Waals surface area contributed by atoms with E-state index >= 15 is 0 Å². The van der Waals surface area contributed by atoms with Crippen LogP contribution < -0.4 is 0 Å². The minimum Gasteiger partial charge on any atom is -0.300 e. The van der Waals surface area contributed by atoms with Gasteiger partial charge in [0.1, 0.15) is 0 Å². The predicted molar refractivity (Wildman–Crippen MR) is 48.7 cm³/mol. The summed E-state index contributed by atoms with van der Waals surface area (Å²) >= 11 is 3.66. The number of likely N-dealkylation sites (tertiary alicyclic amines) is 1. The molecule has 0 aromatic heterocycles. The van der Waals surface area contributed by atoms with Crippen molar-refractivity contribution >= 4 is 15.9 Å². The fourth-order valence-electron chi connectivity index (χ4n) is 1.42. The smallest absolute Gasteiger partial charge is 0.0273 e. The molecular formula is C8H16BrN. The Balaban J connectivity index is 2.32.